The van der Waals surface area contributed by atoms with Gasteiger partial charge in [-0.2, -0.15) is 0 Å². The molecule has 0 unspecified atom stereocenters. The van der Waals surface area contributed by atoms with Crippen LogP contribution in [-0.2, 0) is 0 Å². The zero-order valence-electron chi connectivity index (χ0n) is 8.70. The van der Waals surface area contributed by atoms with E-state index in [9.17, 15) is 0 Å². The van der Waals surface area contributed by atoms with Crippen molar-refractivity contribution in [2.45, 2.75) is 19.6 Å². The van der Waals surface area contributed by atoms with E-state index in [4.69, 9.17) is 0 Å². The SMILES string of the molecule is C[SiH](C)C.S=C(S)NCCNC(=S)S. The van der Waals surface area contributed by atoms with Gasteiger partial charge in [0.1, 0.15) is 8.64 Å². The second-order valence-electron chi connectivity index (χ2n) is 3.20. The maximum Gasteiger partial charge on any atom is 0.130 e. The first-order valence-electron chi connectivity index (χ1n) is 4.29. The third-order valence-electron chi connectivity index (χ3n) is 0.677. The second kappa shape index (κ2) is 11.8. The van der Waals surface area contributed by atoms with Crippen molar-refractivity contribution in [2.24, 2.45) is 0 Å². The van der Waals surface area contributed by atoms with Crippen LogP contribution in [0.25, 0.3) is 0 Å². The van der Waals surface area contributed by atoms with E-state index >= 15 is 0 Å². The number of rotatable bonds is 3. The highest BCUT2D eigenvalue weighted by atomic mass is 32.1. The minimum absolute atomic E-state index is 0.139. The van der Waals surface area contributed by atoms with Crippen molar-refractivity contribution in [1.29, 1.82) is 0 Å². The van der Waals surface area contributed by atoms with Gasteiger partial charge in [-0.15, -0.1) is 25.3 Å². The van der Waals surface area contributed by atoms with Crippen LogP contribution in [0.3, 0.4) is 0 Å². The van der Waals surface area contributed by atoms with Crippen LogP contribution >= 0.6 is 49.7 Å². The van der Waals surface area contributed by atoms with Crippen molar-refractivity contribution in [1.82, 2.24) is 10.6 Å². The third-order valence-corrected chi connectivity index (χ3v) is 1.28. The van der Waals surface area contributed by atoms with Crippen LogP contribution in [0.5, 0.6) is 0 Å². The van der Waals surface area contributed by atoms with Crippen LogP contribution < -0.4 is 10.6 Å². The van der Waals surface area contributed by atoms with Crippen molar-refractivity contribution in [3.05, 3.63) is 0 Å². The molecule has 0 aliphatic rings. The Morgan fingerprint density at radius 1 is 1.00 bits per heavy atom. The van der Waals surface area contributed by atoms with E-state index in [0.29, 0.717) is 21.7 Å². The molecule has 0 radical (unpaired) electrons. The summed E-state index contributed by atoms with van der Waals surface area (Å²) < 4.78 is 0.985. The Hall–Kier alpha value is 0.697. The van der Waals surface area contributed by atoms with Gasteiger partial charge in [-0.1, -0.05) is 44.1 Å². The van der Waals surface area contributed by atoms with Crippen molar-refractivity contribution < 1.29 is 0 Å². The smallest absolute Gasteiger partial charge is 0.130 e. The second-order valence-corrected chi connectivity index (χ2v) is 8.98. The first-order chi connectivity index (χ1) is 6.36. The number of thiocarbonyl (C=S) groups is 2. The average molecular weight is 287 g/mol. The van der Waals surface area contributed by atoms with Gasteiger partial charge in [0.15, 0.2) is 0 Å². The molecule has 0 spiro atoms. The van der Waals surface area contributed by atoms with Crippen LogP contribution in [-0.4, -0.2) is 30.5 Å². The summed E-state index contributed by atoms with van der Waals surface area (Å²) in [5, 5.41) is 5.68. The van der Waals surface area contributed by atoms with Crippen molar-refractivity contribution in [3.8, 4) is 0 Å². The molecule has 2 nitrogen and oxygen atoms in total. The van der Waals surface area contributed by atoms with Crippen molar-refractivity contribution in [2.75, 3.05) is 13.1 Å². The maximum atomic E-state index is 4.65. The molecule has 0 amide bonds. The topological polar surface area (TPSA) is 24.1 Å². The van der Waals surface area contributed by atoms with Gasteiger partial charge in [-0.05, 0) is 0 Å². The molecular formula is C7H18N2S4Si. The van der Waals surface area contributed by atoms with Gasteiger partial charge in [0.2, 0.25) is 0 Å². The largest absolute Gasteiger partial charge is 0.369 e. The number of hydrogen-bond acceptors (Lipinski definition) is 2. The Morgan fingerprint density at radius 2 is 1.21 bits per heavy atom. The fourth-order valence-electron chi connectivity index (χ4n) is 0.339. The molecule has 0 heterocycles. The van der Waals surface area contributed by atoms with Crippen LogP contribution in [0.2, 0.25) is 19.6 Å². The predicted octanol–water partition coefficient (Wildman–Crippen LogP) is 1.70. The van der Waals surface area contributed by atoms with Gasteiger partial charge in [0, 0.05) is 21.9 Å². The molecule has 84 valence electrons. The summed E-state index contributed by atoms with van der Waals surface area (Å²) in [4.78, 5) is 0. The van der Waals surface area contributed by atoms with Gasteiger partial charge >= 0.3 is 0 Å². The highest BCUT2D eigenvalue weighted by molar-refractivity contribution is 8.11. The van der Waals surface area contributed by atoms with E-state index in [0.717, 1.165) is 0 Å². The predicted molar refractivity (Wildman–Crippen MR) is 83.9 cm³/mol. The summed E-state index contributed by atoms with van der Waals surface area (Å²) >= 11 is 17.0. The molecule has 0 fully saturated rings. The van der Waals surface area contributed by atoms with Crippen LogP contribution in [0.4, 0.5) is 0 Å². The molecule has 0 bridgehead atoms. The van der Waals surface area contributed by atoms with Crippen LogP contribution in [0, 0.1) is 0 Å². The molecule has 0 saturated carbocycles. The highest BCUT2D eigenvalue weighted by Gasteiger charge is 1.87. The summed E-state index contributed by atoms with van der Waals surface area (Å²) in [5.74, 6) is 0. The van der Waals surface area contributed by atoms with Gasteiger partial charge < -0.3 is 10.6 Å². The highest BCUT2D eigenvalue weighted by Crippen LogP contribution is 1.77. The lowest BCUT2D eigenvalue weighted by atomic mass is 10.6. The minimum Gasteiger partial charge on any atom is -0.369 e. The number of hydrogen-bond donors (Lipinski definition) is 4. The summed E-state index contributed by atoms with van der Waals surface area (Å²) in [6.45, 7) is 8.34. The summed E-state index contributed by atoms with van der Waals surface area (Å²) in [6.07, 6.45) is 0. The van der Waals surface area contributed by atoms with E-state index < -0.39 is 0 Å². The fourth-order valence-corrected chi connectivity index (χ4v) is 0.767. The van der Waals surface area contributed by atoms with E-state index in [1.165, 1.54) is 0 Å². The Labute approximate surface area is 110 Å². The summed E-state index contributed by atoms with van der Waals surface area (Å²) in [6, 6.07) is 0. The number of nitrogens with one attached hydrogen (secondary N) is 2. The molecule has 0 saturated heterocycles. The van der Waals surface area contributed by atoms with Gasteiger partial charge in [0.05, 0.1) is 0 Å². The molecular weight excluding hydrogens is 268 g/mol. The third kappa shape index (κ3) is 29.3. The van der Waals surface area contributed by atoms with Crippen LogP contribution in [0.15, 0.2) is 0 Å². The first-order valence-corrected chi connectivity index (χ1v) is 9.47. The average Bonchev–Trinajstić information content (AvgIpc) is 1.96. The lowest BCUT2D eigenvalue weighted by Gasteiger charge is -2.03. The normalized spacial score (nSPS) is 8.71. The summed E-state index contributed by atoms with van der Waals surface area (Å²) in [5.41, 5.74) is 0. The molecule has 0 aromatic carbocycles. The summed E-state index contributed by atoms with van der Waals surface area (Å²) in [7, 11) is -0.139. The van der Waals surface area contributed by atoms with Gasteiger partial charge in [-0.3, -0.25) is 0 Å². The first kappa shape index (κ1) is 17.1. The van der Waals surface area contributed by atoms with Crippen molar-refractivity contribution >= 4 is 67.1 Å². The molecule has 7 heteroatoms. The van der Waals surface area contributed by atoms with Crippen molar-refractivity contribution in [3.63, 3.8) is 0 Å². The maximum absolute atomic E-state index is 4.65. The lowest BCUT2D eigenvalue weighted by Crippen LogP contribution is -2.29. The van der Waals surface area contributed by atoms with E-state index in [1.54, 1.807) is 0 Å². The Bertz CT molecular complexity index is 156. The van der Waals surface area contributed by atoms with Gasteiger partial charge in [-0.25, -0.2) is 0 Å². The quantitative estimate of drug-likeness (QED) is 0.275. The Kier molecular flexibility index (Phi) is 14.4. The molecule has 14 heavy (non-hydrogen) atoms. The van der Waals surface area contributed by atoms with E-state index in [1.807, 2.05) is 0 Å². The minimum atomic E-state index is -0.139. The van der Waals surface area contributed by atoms with Crippen LogP contribution in [0.1, 0.15) is 0 Å². The molecule has 0 aliphatic carbocycles. The zero-order valence-corrected chi connectivity index (χ0v) is 13.3. The molecule has 0 aromatic rings. The Balaban J connectivity index is 0. The molecule has 0 rings (SSSR count). The molecule has 0 aliphatic heterocycles. The molecule has 0 aromatic heterocycles. The Morgan fingerprint density at radius 3 is 1.36 bits per heavy atom. The van der Waals surface area contributed by atoms with Gasteiger partial charge in [0.25, 0.3) is 0 Å². The van der Waals surface area contributed by atoms with E-state index in [-0.39, 0.29) is 8.80 Å². The monoisotopic (exact) mass is 286 g/mol. The molecule has 2 N–H and O–H groups in total. The zero-order chi connectivity index (χ0) is 11.6. The molecule has 0 atom stereocenters. The fraction of sp³-hybridized carbons (Fsp3) is 0.714. The standard InChI is InChI=1S/C4H8N2S4.C3H10Si/c7-3(8)5-1-2-6-4(9)10;1-4(2)3/h1-2H2,(H2,5,7,8)(H2,6,9,10);4H,1-3H3. The van der Waals surface area contributed by atoms with E-state index in [2.05, 4.69) is 80.0 Å². The number of thiol groups is 2. The lowest BCUT2D eigenvalue weighted by molar-refractivity contribution is 0.834.